The molecule has 0 atom stereocenters. The lowest BCUT2D eigenvalue weighted by Crippen LogP contribution is -2.25. The molecule has 0 aliphatic heterocycles. The molecule has 29 heavy (non-hydrogen) atoms. The van der Waals surface area contributed by atoms with Crippen LogP contribution in [0.3, 0.4) is 0 Å². The van der Waals surface area contributed by atoms with Crippen LogP contribution < -0.4 is 0 Å². The van der Waals surface area contributed by atoms with Gasteiger partial charge in [-0.2, -0.15) is 0 Å². The summed E-state index contributed by atoms with van der Waals surface area (Å²) < 4.78 is 6.39. The Hall–Kier alpha value is -0.820. The number of rotatable bonds is 12. The van der Waals surface area contributed by atoms with Crippen molar-refractivity contribution in [3.63, 3.8) is 0 Å². The van der Waals surface area contributed by atoms with Crippen LogP contribution in [0.5, 0.6) is 0 Å². The summed E-state index contributed by atoms with van der Waals surface area (Å²) in [7, 11) is 0. The van der Waals surface area contributed by atoms with E-state index in [1.165, 1.54) is 108 Å². The third-order valence-electron chi connectivity index (χ3n) is 7.70. The minimum atomic E-state index is 0.528. The summed E-state index contributed by atoms with van der Waals surface area (Å²) in [5.74, 6) is 2.62. The second-order valence-electron chi connectivity index (χ2n) is 10.0. The summed E-state index contributed by atoms with van der Waals surface area (Å²) in [6, 6.07) is 11.1. The second-order valence-corrected chi connectivity index (χ2v) is 10.0. The van der Waals surface area contributed by atoms with E-state index in [1.54, 1.807) is 0 Å². The maximum Gasteiger partial charge on any atom is 0.0575 e. The average Bonchev–Trinajstić information content (AvgIpc) is 2.79. The SMILES string of the molecule is CCCCCCCCCC1CCC(COC2CCC(c3ccccc3)CC2)CC1. The molecule has 2 aliphatic rings. The van der Waals surface area contributed by atoms with Gasteiger partial charge in [-0.25, -0.2) is 0 Å². The highest BCUT2D eigenvalue weighted by Gasteiger charge is 2.25. The molecule has 0 aromatic heterocycles. The molecular formula is C28H46O. The third kappa shape index (κ3) is 8.44. The fraction of sp³-hybridized carbons (Fsp3) is 0.786. The maximum absolute atomic E-state index is 6.39. The van der Waals surface area contributed by atoms with Gasteiger partial charge in [0.05, 0.1) is 6.10 Å². The molecular weight excluding hydrogens is 352 g/mol. The van der Waals surface area contributed by atoms with Gasteiger partial charge in [0, 0.05) is 6.61 Å². The van der Waals surface area contributed by atoms with Crippen molar-refractivity contribution in [2.24, 2.45) is 11.8 Å². The predicted molar refractivity (Wildman–Crippen MR) is 125 cm³/mol. The zero-order valence-corrected chi connectivity index (χ0v) is 19.1. The molecule has 1 aromatic carbocycles. The molecule has 0 bridgehead atoms. The lowest BCUT2D eigenvalue weighted by Gasteiger charge is -2.32. The molecule has 2 fully saturated rings. The van der Waals surface area contributed by atoms with Crippen LogP contribution in [-0.2, 0) is 4.74 Å². The molecule has 164 valence electrons. The van der Waals surface area contributed by atoms with Crippen LogP contribution in [0.4, 0.5) is 0 Å². The molecule has 1 heteroatoms. The van der Waals surface area contributed by atoms with Gasteiger partial charge in [-0.15, -0.1) is 0 Å². The Labute approximate surface area is 181 Å². The molecule has 2 aliphatic carbocycles. The number of benzene rings is 1. The minimum Gasteiger partial charge on any atom is -0.378 e. The Morgan fingerprint density at radius 3 is 2.00 bits per heavy atom. The first-order chi connectivity index (χ1) is 14.3. The van der Waals surface area contributed by atoms with Crippen molar-refractivity contribution in [1.29, 1.82) is 0 Å². The van der Waals surface area contributed by atoms with E-state index in [1.807, 2.05) is 0 Å². The fourth-order valence-electron chi connectivity index (χ4n) is 5.64. The molecule has 1 aromatic rings. The first kappa shape index (κ1) is 22.9. The monoisotopic (exact) mass is 398 g/mol. The number of hydrogen-bond donors (Lipinski definition) is 0. The van der Waals surface area contributed by atoms with Crippen molar-refractivity contribution >= 4 is 0 Å². The van der Waals surface area contributed by atoms with Crippen molar-refractivity contribution in [1.82, 2.24) is 0 Å². The summed E-state index contributed by atoms with van der Waals surface area (Å²) in [5.41, 5.74) is 1.53. The first-order valence-corrected chi connectivity index (χ1v) is 13.0. The van der Waals surface area contributed by atoms with E-state index in [-0.39, 0.29) is 0 Å². The normalized spacial score (nSPS) is 27.8. The van der Waals surface area contributed by atoms with Gasteiger partial charge in [-0.1, -0.05) is 101 Å². The van der Waals surface area contributed by atoms with Crippen molar-refractivity contribution in [2.45, 2.75) is 122 Å². The van der Waals surface area contributed by atoms with E-state index in [0.717, 1.165) is 24.4 Å². The largest absolute Gasteiger partial charge is 0.378 e. The van der Waals surface area contributed by atoms with Gasteiger partial charge in [0.25, 0.3) is 0 Å². The van der Waals surface area contributed by atoms with E-state index in [9.17, 15) is 0 Å². The summed E-state index contributed by atoms with van der Waals surface area (Å²) in [6.45, 7) is 3.34. The summed E-state index contributed by atoms with van der Waals surface area (Å²) in [5, 5.41) is 0. The van der Waals surface area contributed by atoms with E-state index in [2.05, 4.69) is 37.3 Å². The zero-order chi connectivity index (χ0) is 20.2. The van der Waals surface area contributed by atoms with E-state index < -0.39 is 0 Å². The summed E-state index contributed by atoms with van der Waals surface area (Å²) in [4.78, 5) is 0. The Bertz CT molecular complexity index is 508. The first-order valence-electron chi connectivity index (χ1n) is 13.0. The number of hydrogen-bond acceptors (Lipinski definition) is 1. The number of ether oxygens (including phenoxy) is 1. The molecule has 0 heterocycles. The topological polar surface area (TPSA) is 9.23 Å². The molecule has 0 saturated heterocycles. The van der Waals surface area contributed by atoms with Crippen molar-refractivity contribution in [3.8, 4) is 0 Å². The van der Waals surface area contributed by atoms with E-state index in [4.69, 9.17) is 4.74 Å². The standard InChI is InChI=1S/C28H46O/c1-2-3-4-5-6-7-9-12-24-15-17-25(18-16-24)23-29-28-21-19-27(20-22-28)26-13-10-8-11-14-26/h8,10-11,13-14,24-25,27-28H,2-7,9,12,15-23H2,1H3. The molecule has 3 rings (SSSR count). The van der Waals surface area contributed by atoms with Crippen LogP contribution in [0.25, 0.3) is 0 Å². The van der Waals surface area contributed by atoms with Crippen LogP contribution in [0, 0.1) is 11.8 Å². The minimum absolute atomic E-state index is 0.528. The Kier molecular flexibility index (Phi) is 10.6. The molecule has 0 radical (unpaired) electrons. The highest BCUT2D eigenvalue weighted by molar-refractivity contribution is 5.19. The Morgan fingerprint density at radius 2 is 1.31 bits per heavy atom. The zero-order valence-electron chi connectivity index (χ0n) is 19.1. The van der Waals surface area contributed by atoms with Crippen LogP contribution >= 0.6 is 0 Å². The van der Waals surface area contributed by atoms with Gasteiger partial charge < -0.3 is 4.74 Å². The van der Waals surface area contributed by atoms with Gasteiger partial charge in [0.2, 0.25) is 0 Å². The highest BCUT2D eigenvalue weighted by atomic mass is 16.5. The van der Waals surface area contributed by atoms with Crippen LogP contribution in [-0.4, -0.2) is 12.7 Å². The van der Waals surface area contributed by atoms with Crippen molar-refractivity contribution < 1.29 is 4.74 Å². The molecule has 2 saturated carbocycles. The van der Waals surface area contributed by atoms with Gasteiger partial charge in [0.1, 0.15) is 0 Å². The highest BCUT2D eigenvalue weighted by Crippen LogP contribution is 2.36. The Morgan fingerprint density at radius 1 is 0.690 bits per heavy atom. The van der Waals surface area contributed by atoms with Crippen molar-refractivity contribution in [2.75, 3.05) is 6.61 Å². The number of unbranched alkanes of at least 4 members (excludes halogenated alkanes) is 6. The molecule has 0 N–H and O–H groups in total. The summed E-state index contributed by atoms with van der Waals surface area (Å²) >= 11 is 0. The van der Waals surface area contributed by atoms with Gasteiger partial charge >= 0.3 is 0 Å². The Balaban J connectivity index is 1.20. The van der Waals surface area contributed by atoms with Crippen LogP contribution in [0.15, 0.2) is 30.3 Å². The van der Waals surface area contributed by atoms with Gasteiger partial charge in [-0.05, 0) is 61.8 Å². The second kappa shape index (κ2) is 13.5. The maximum atomic E-state index is 6.39. The quantitative estimate of drug-likeness (QED) is 0.320. The van der Waals surface area contributed by atoms with Crippen molar-refractivity contribution in [3.05, 3.63) is 35.9 Å². The molecule has 1 nitrogen and oxygen atoms in total. The van der Waals surface area contributed by atoms with Gasteiger partial charge in [-0.3, -0.25) is 0 Å². The molecule has 0 unspecified atom stereocenters. The third-order valence-corrected chi connectivity index (χ3v) is 7.70. The lowest BCUT2D eigenvalue weighted by atomic mass is 9.80. The van der Waals surface area contributed by atoms with Crippen LogP contribution in [0.1, 0.15) is 121 Å². The smallest absolute Gasteiger partial charge is 0.0575 e. The van der Waals surface area contributed by atoms with E-state index >= 15 is 0 Å². The van der Waals surface area contributed by atoms with Gasteiger partial charge in [0.15, 0.2) is 0 Å². The average molecular weight is 399 g/mol. The van der Waals surface area contributed by atoms with Crippen LogP contribution in [0.2, 0.25) is 0 Å². The lowest BCUT2D eigenvalue weighted by molar-refractivity contribution is -0.00484. The molecule has 0 spiro atoms. The molecule has 0 amide bonds. The predicted octanol–water partition coefficient (Wildman–Crippen LogP) is 8.68. The van der Waals surface area contributed by atoms with E-state index in [0.29, 0.717) is 6.10 Å². The fourth-order valence-corrected chi connectivity index (χ4v) is 5.64. The summed E-state index contributed by atoms with van der Waals surface area (Å²) in [6.07, 6.45) is 23.0.